The number of carbonyl (C=O) groups excluding carboxylic acids is 1. The van der Waals surface area contributed by atoms with Gasteiger partial charge in [0.25, 0.3) is 0 Å². The van der Waals surface area contributed by atoms with Crippen LogP contribution in [-0.2, 0) is 4.74 Å². The number of halogens is 1. The highest BCUT2D eigenvalue weighted by atomic mass is 19.1. The van der Waals surface area contributed by atoms with Gasteiger partial charge in [0.2, 0.25) is 0 Å². The van der Waals surface area contributed by atoms with Crippen molar-refractivity contribution in [2.45, 2.75) is 0 Å². The van der Waals surface area contributed by atoms with Gasteiger partial charge in [0, 0.05) is 0 Å². The average Bonchev–Trinajstić information content (AvgIpc) is 2.21. The fraction of sp³-hybridized carbons (Fsp3) is 0.111. The first kappa shape index (κ1) is 9.99. The van der Waals surface area contributed by atoms with Gasteiger partial charge in [-0.25, -0.2) is 9.18 Å². The van der Waals surface area contributed by atoms with Crippen molar-refractivity contribution in [2.24, 2.45) is 0 Å². The van der Waals surface area contributed by atoms with Gasteiger partial charge in [-0.1, -0.05) is 6.07 Å². The number of anilines is 1. The molecule has 0 bridgehead atoms. The number of benzene rings is 1. The van der Waals surface area contributed by atoms with Crippen LogP contribution in [0.1, 0.15) is 5.56 Å². The number of carbonyl (C=O) groups is 1. The lowest BCUT2D eigenvalue weighted by Crippen LogP contribution is -2.12. The Hall–Kier alpha value is -2.09. The molecule has 5 heteroatoms. The molecule has 0 aromatic heterocycles. The number of hydrogen-bond donors (Lipinski definition) is 1. The molecular weight excluding hydrogens is 187 g/mol. The molecule has 0 heterocycles. The Morgan fingerprint density at radius 1 is 1.64 bits per heavy atom. The number of rotatable bonds is 1. The first-order valence-electron chi connectivity index (χ1n) is 3.72. The normalized spacial score (nSPS) is 8.93. The molecule has 72 valence electrons. The maximum absolute atomic E-state index is 13.3. The molecule has 0 aliphatic rings. The molecule has 4 nitrogen and oxygen atoms in total. The topological polar surface area (TPSA) is 62.1 Å². The van der Waals surface area contributed by atoms with Crippen LogP contribution in [0.25, 0.3) is 0 Å². The van der Waals surface area contributed by atoms with Crippen molar-refractivity contribution >= 4 is 11.8 Å². The van der Waals surface area contributed by atoms with E-state index in [1.807, 2.05) is 0 Å². The van der Waals surface area contributed by atoms with Crippen molar-refractivity contribution in [1.82, 2.24) is 0 Å². The van der Waals surface area contributed by atoms with E-state index in [4.69, 9.17) is 5.26 Å². The molecule has 14 heavy (non-hydrogen) atoms. The second-order valence-electron chi connectivity index (χ2n) is 2.40. The SMILES string of the molecule is COC(=O)Nc1cccc(C#N)c1F. The van der Waals surface area contributed by atoms with Crippen molar-refractivity contribution < 1.29 is 13.9 Å². The molecule has 1 N–H and O–H groups in total. The summed E-state index contributed by atoms with van der Waals surface area (Å²) in [6, 6.07) is 5.78. The maximum Gasteiger partial charge on any atom is 0.411 e. The minimum atomic E-state index is -0.779. The molecule has 0 radical (unpaired) electrons. The zero-order valence-corrected chi connectivity index (χ0v) is 7.37. The molecule has 1 amide bonds. The lowest BCUT2D eigenvalue weighted by Gasteiger charge is -2.04. The largest absolute Gasteiger partial charge is 0.453 e. The monoisotopic (exact) mass is 194 g/mol. The van der Waals surface area contributed by atoms with E-state index in [1.54, 1.807) is 6.07 Å². The second-order valence-corrected chi connectivity index (χ2v) is 2.40. The highest BCUT2D eigenvalue weighted by molar-refractivity contribution is 5.84. The molecule has 0 spiro atoms. The van der Waals surface area contributed by atoms with Crippen LogP contribution >= 0.6 is 0 Å². The summed E-state index contributed by atoms with van der Waals surface area (Å²) in [6.45, 7) is 0. The van der Waals surface area contributed by atoms with Crippen LogP contribution in [0.3, 0.4) is 0 Å². The van der Waals surface area contributed by atoms with Crippen LogP contribution in [0, 0.1) is 17.1 Å². The number of methoxy groups -OCH3 is 1. The Kier molecular flexibility index (Phi) is 3.02. The summed E-state index contributed by atoms with van der Waals surface area (Å²) in [5.74, 6) is -0.764. The minimum absolute atomic E-state index is 0.0732. The Morgan fingerprint density at radius 3 is 2.93 bits per heavy atom. The summed E-state index contributed by atoms with van der Waals surface area (Å²) in [5.41, 5.74) is -0.199. The highest BCUT2D eigenvalue weighted by Gasteiger charge is 2.09. The third kappa shape index (κ3) is 1.98. The van der Waals surface area contributed by atoms with Crippen LogP contribution in [0.15, 0.2) is 18.2 Å². The summed E-state index contributed by atoms with van der Waals surface area (Å²) in [4.78, 5) is 10.8. The molecule has 1 rings (SSSR count). The van der Waals surface area contributed by atoms with Crippen molar-refractivity contribution in [2.75, 3.05) is 12.4 Å². The van der Waals surface area contributed by atoms with Gasteiger partial charge in [-0.05, 0) is 12.1 Å². The quantitative estimate of drug-likeness (QED) is 0.742. The number of nitriles is 1. The number of hydrogen-bond acceptors (Lipinski definition) is 3. The van der Waals surface area contributed by atoms with E-state index in [0.29, 0.717) is 0 Å². The predicted octanol–water partition coefficient (Wildman–Crippen LogP) is 1.88. The maximum atomic E-state index is 13.3. The fourth-order valence-electron chi connectivity index (χ4n) is 0.876. The smallest absolute Gasteiger partial charge is 0.411 e. The van der Waals surface area contributed by atoms with E-state index in [2.05, 4.69) is 10.1 Å². The Bertz CT molecular complexity index is 398. The lowest BCUT2D eigenvalue weighted by atomic mass is 10.2. The van der Waals surface area contributed by atoms with Crippen molar-refractivity contribution in [3.63, 3.8) is 0 Å². The summed E-state index contributed by atoms with van der Waals surface area (Å²) in [6.07, 6.45) is -0.779. The van der Waals surface area contributed by atoms with Crippen LogP contribution in [0.5, 0.6) is 0 Å². The predicted molar refractivity (Wildman–Crippen MR) is 47.1 cm³/mol. The van der Waals surface area contributed by atoms with Gasteiger partial charge in [0.15, 0.2) is 5.82 Å². The molecule has 0 aliphatic carbocycles. The average molecular weight is 194 g/mol. The zero-order valence-electron chi connectivity index (χ0n) is 7.37. The molecular formula is C9H7FN2O2. The van der Waals surface area contributed by atoms with E-state index in [1.165, 1.54) is 25.3 Å². The molecule has 0 unspecified atom stereocenters. The second kappa shape index (κ2) is 4.23. The van der Waals surface area contributed by atoms with Gasteiger partial charge in [-0.3, -0.25) is 5.32 Å². The standard InChI is InChI=1S/C9H7FN2O2/c1-14-9(13)12-7-4-2-3-6(5-11)8(7)10/h2-4H,1H3,(H,12,13). The molecule has 0 aliphatic heterocycles. The first-order valence-corrected chi connectivity index (χ1v) is 3.72. The van der Waals surface area contributed by atoms with Gasteiger partial charge < -0.3 is 4.74 Å². The van der Waals surface area contributed by atoms with Crippen LogP contribution in [-0.4, -0.2) is 13.2 Å². The number of nitrogens with one attached hydrogen (secondary N) is 1. The zero-order chi connectivity index (χ0) is 10.6. The molecule has 0 saturated heterocycles. The number of amides is 1. The van der Waals surface area contributed by atoms with Crippen molar-refractivity contribution in [1.29, 1.82) is 5.26 Å². The fourth-order valence-corrected chi connectivity index (χ4v) is 0.876. The summed E-state index contributed by atoms with van der Waals surface area (Å²) in [7, 11) is 1.17. The molecule has 1 aromatic carbocycles. The number of ether oxygens (including phenoxy) is 1. The van der Waals surface area contributed by atoms with Gasteiger partial charge >= 0.3 is 6.09 Å². The lowest BCUT2D eigenvalue weighted by molar-refractivity contribution is 0.187. The van der Waals surface area contributed by atoms with E-state index in [-0.39, 0.29) is 11.3 Å². The van der Waals surface area contributed by atoms with Crippen LogP contribution in [0.2, 0.25) is 0 Å². The summed E-state index contributed by atoms with van der Waals surface area (Å²) >= 11 is 0. The van der Waals surface area contributed by atoms with Crippen molar-refractivity contribution in [3.8, 4) is 6.07 Å². The molecule has 0 saturated carbocycles. The number of nitrogens with zero attached hydrogens (tertiary/aromatic N) is 1. The Balaban J connectivity index is 2.99. The van der Waals surface area contributed by atoms with E-state index >= 15 is 0 Å². The van der Waals surface area contributed by atoms with Gasteiger partial charge in [-0.2, -0.15) is 5.26 Å². The summed E-state index contributed by atoms with van der Waals surface area (Å²) in [5, 5.41) is 10.6. The van der Waals surface area contributed by atoms with Crippen LogP contribution < -0.4 is 5.32 Å². The van der Waals surface area contributed by atoms with Gasteiger partial charge in [0.05, 0.1) is 18.4 Å². The Labute approximate surface area is 79.9 Å². The third-order valence-electron chi connectivity index (χ3n) is 1.54. The first-order chi connectivity index (χ1) is 6.69. The van der Waals surface area contributed by atoms with E-state index in [0.717, 1.165) is 0 Å². The highest BCUT2D eigenvalue weighted by Crippen LogP contribution is 2.17. The third-order valence-corrected chi connectivity index (χ3v) is 1.54. The van der Waals surface area contributed by atoms with E-state index in [9.17, 15) is 9.18 Å². The summed E-state index contributed by atoms with van der Waals surface area (Å²) < 4.78 is 17.6. The Morgan fingerprint density at radius 2 is 2.36 bits per heavy atom. The minimum Gasteiger partial charge on any atom is -0.453 e. The molecule has 1 aromatic rings. The van der Waals surface area contributed by atoms with E-state index < -0.39 is 11.9 Å². The molecule has 0 atom stereocenters. The van der Waals surface area contributed by atoms with Crippen LogP contribution in [0.4, 0.5) is 14.9 Å². The molecule has 0 fully saturated rings. The van der Waals surface area contributed by atoms with Crippen molar-refractivity contribution in [3.05, 3.63) is 29.6 Å². The van der Waals surface area contributed by atoms with Gasteiger partial charge in [-0.15, -0.1) is 0 Å². The van der Waals surface area contributed by atoms with Gasteiger partial charge in [0.1, 0.15) is 6.07 Å².